The second kappa shape index (κ2) is 6.61. The maximum atomic E-state index is 11.3. The van der Waals surface area contributed by atoms with Crippen LogP contribution in [-0.2, 0) is 0 Å². The van der Waals surface area contributed by atoms with E-state index in [0.717, 1.165) is 23.6 Å². The predicted molar refractivity (Wildman–Crippen MR) is 82.0 cm³/mol. The van der Waals surface area contributed by atoms with Crippen LogP contribution >= 0.6 is 11.3 Å². The van der Waals surface area contributed by atoms with Crippen LogP contribution in [0.15, 0.2) is 6.07 Å². The fourth-order valence-corrected chi connectivity index (χ4v) is 3.68. The summed E-state index contributed by atoms with van der Waals surface area (Å²) < 4.78 is 6.00. The standard InChI is InChI=1S/C16H24O3S/c1-4-11-5-7-12(8-6-11)19-13-9-14(10(2)3)20-15(13)16(17)18/h9-12H,4-8H2,1-3H3,(H,17,18). The molecule has 2 rings (SSSR count). The largest absolute Gasteiger partial charge is 0.489 e. The summed E-state index contributed by atoms with van der Waals surface area (Å²) in [5, 5.41) is 9.30. The zero-order chi connectivity index (χ0) is 14.7. The first-order chi connectivity index (χ1) is 9.51. The highest BCUT2D eigenvalue weighted by molar-refractivity contribution is 7.14. The molecular formula is C16H24O3S. The van der Waals surface area contributed by atoms with E-state index in [1.165, 1.54) is 30.6 Å². The molecule has 3 nitrogen and oxygen atoms in total. The lowest BCUT2D eigenvalue weighted by Gasteiger charge is -2.28. The van der Waals surface area contributed by atoms with Crippen molar-refractivity contribution in [3.63, 3.8) is 0 Å². The number of aromatic carboxylic acids is 1. The van der Waals surface area contributed by atoms with Crippen LogP contribution in [0.2, 0.25) is 0 Å². The van der Waals surface area contributed by atoms with Crippen LogP contribution in [0.4, 0.5) is 0 Å². The van der Waals surface area contributed by atoms with Crippen molar-refractivity contribution in [1.29, 1.82) is 0 Å². The normalized spacial score (nSPS) is 23.0. The van der Waals surface area contributed by atoms with Gasteiger partial charge in [-0.1, -0.05) is 27.2 Å². The van der Waals surface area contributed by atoms with Gasteiger partial charge in [0.1, 0.15) is 5.75 Å². The van der Waals surface area contributed by atoms with Gasteiger partial charge in [0.2, 0.25) is 0 Å². The predicted octanol–water partition coefficient (Wildman–Crippen LogP) is 4.92. The Hall–Kier alpha value is -1.03. The topological polar surface area (TPSA) is 46.5 Å². The number of ether oxygens (including phenoxy) is 1. The van der Waals surface area contributed by atoms with Crippen LogP contribution in [0.3, 0.4) is 0 Å². The third kappa shape index (κ3) is 3.54. The van der Waals surface area contributed by atoms with Gasteiger partial charge in [0.15, 0.2) is 4.88 Å². The Morgan fingerprint density at radius 1 is 1.40 bits per heavy atom. The van der Waals surface area contributed by atoms with Crippen LogP contribution in [-0.4, -0.2) is 17.2 Å². The summed E-state index contributed by atoms with van der Waals surface area (Å²) >= 11 is 1.34. The van der Waals surface area contributed by atoms with E-state index in [0.29, 0.717) is 16.5 Å². The summed E-state index contributed by atoms with van der Waals surface area (Å²) in [6, 6.07) is 1.92. The van der Waals surface area contributed by atoms with E-state index in [4.69, 9.17) is 4.74 Å². The van der Waals surface area contributed by atoms with Crippen molar-refractivity contribution >= 4 is 17.3 Å². The van der Waals surface area contributed by atoms with Gasteiger partial charge in [-0.3, -0.25) is 0 Å². The Balaban J connectivity index is 2.07. The number of rotatable bonds is 5. The summed E-state index contributed by atoms with van der Waals surface area (Å²) in [7, 11) is 0. The van der Waals surface area contributed by atoms with E-state index in [1.54, 1.807) is 0 Å². The maximum absolute atomic E-state index is 11.3. The average Bonchev–Trinajstić information content (AvgIpc) is 2.84. The fourth-order valence-electron chi connectivity index (χ4n) is 2.75. The summed E-state index contributed by atoms with van der Waals surface area (Å²) in [6.07, 6.45) is 5.92. The molecule has 20 heavy (non-hydrogen) atoms. The summed E-state index contributed by atoms with van der Waals surface area (Å²) in [6.45, 7) is 6.39. The minimum Gasteiger partial charge on any atom is -0.489 e. The second-order valence-corrected chi connectivity index (χ2v) is 7.05. The highest BCUT2D eigenvalue weighted by Crippen LogP contribution is 2.36. The molecule has 4 heteroatoms. The molecular weight excluding hydrogens is 272 g/mol. The molecule has 0 atom stereocenters. The van der Waals surface area contributed by atoms with Crippen molar-refractivity contribution in [1.82, 2.24) is 0 Å². The van der Waals surface area contributed by atoms with Crippen LogP contribution in [0.5, 0.6) is 5.75 Å². The van der Waals surface area contributed by atoms with Gasteiger partial charge < -0.3 is 9.84 Å². The lowest BCUT2D eigenvalue weighted by Crippen LogP contribution is -2.24. The lowest BCUT2D eigenvalue weighted by molar-refractivity contribution is 0.0690. The minimum atomic E-state index is -0.876. The molecule has 0 bridgehead atoms. The van der Waals surface area contributed by atoms with Gasteiger partial charge in [-0.05, 0) is 43.6 Å². The summed E-state index contributed by atoms with van der Waals surface area (Å²) in [5.74, 6) is 0.860. The number of carbonyl (C=O) groups is 1. The third-order valence-electron chi connectivity index (χ3n) is 4.15. The van der Waals surface area contributed by atoms with Gasteiger partial charge in [0, 0.05) is 4.88 Å². The van der Waals surface area contributed by atoms with Crippen molar-refractivity contribution in [2.24, 2.45) is 5.92 Å². The Kier molecular flexibility index (Phi) is 5.08. The van der Waals surface area contributed by atoms with Crippen LogP contribution < -0.4 is 4.74 Å². The monoisotopic (exact) mass is 296 g/mol. The molecule has 0 saturated heterocycles. The SMILES string of the molecule is CCC1CCC(Oc2cc(C(C)C)sc2C(=O)O)CC1. The molecule has 0 radical (unpaired) electrons. The Labute approximate surface area is 125 Å². The minimum absolute atomic E-state index is 0.186. The molecule has 0 aliphatic heterocycles. The van der Waals surface area contributed by atoms with Gasteiger partial charge >= 0.3 is 5.97 Å². The van der Waals surface area contributed by atoms with Crippen molar-refractivity contribution in [3.8, 4) is 5.75 Å². The molecule has 112 valence electrons. The van der Waals surface area contributed by atoms with Crippen molar-refractivity contribution in [2.45, 2.75) is 64.9 Å². The molecule has 0 amide bonds. The first-order valence-corrected chi connectivity index (χ1v) is 8.36. The molecule has 1 fully saturated rings. The van der Waals surface area contributed by atoms with Gasteiger partial charge in [-0.25, -0.2) is 4.79 Å². The lowest BCUT2D eigenvalue weighted by atomic mass is 9.86. The number of hydrogen-bond donors (Lipinski definition) is 1. The first kappa shape index (κ1) is 15.4. The molecule has 1 aliphatic rings. The fraction of sp³-hybridized carbons (Fsp3) is 0.688. The van der Waals surface area contributed by atoms with E-state index >= 15 is 0 Å². The summed E-state index contributed by atoms with van der Waals surface area (Å²) in [4.78, 5) is 12.8. The smallest absolute Gasteiger partial charge is 0.349 e. The second-order valence-electron chi connectivity index (χ2n) is 5.97. The number of hydrogen-bond acceptors (Lipinski definition) is 3. The Morgan fingerprint density at radius 2 is 2.05 bits per heavy atom. The van der Waals surface area contributed by atoms with Gasteiger partial charge in [0.05, 0.1) is 6.10 Å². The molecule has 1 aliphatic carbocycles. The van der Waals surface area contributed by atoms with E-state index < -0.39 is 5.97 Å². The van der Waals surface area contributed by atoms with Crippen LogP contribution in [0, 0.1) is 5.92 Å². The molecule has 1 aromatic heterocycles. The summed E-state index contributed by atoms with van der Waals surface area (Å²) in [5.41, 5.74) is 0. The van der Waals surface area contributed by atoms with E-state index in [1.807, 2.05) is 6.07 Å². The molecule has 1 N–H and O–H groups in total. The average molecular weight is 296 g/mol. The number of carboxylic acid groups (broad SMARTS) is 1. The number of thiophene rings is 1. The molecule has 1 saturated carbocycles. The maximum Gasteiger partial charge on any atom is 0.349 e. The van der Waals surface area contributed by atoms with E-state index in [2.05, 4.69) is 20.8 Å². The van der Waals surface area contributed by atoms with E-state index in [-0.39, 0.29) is 6.10 Å². The molecule has 0 aromatic carbocycles. The molecule has 0 unspecified atom stereocenters. The first-order valence-electron chi connectivity index (χ1n) is 7.54. The number of carboxylic acids is 1. The van der Waals surface area contributed by atoms with E-state index in [9.17, 15) is 9.90 Å². The van der Waals surface area contributed by atoms with Crippen molar-refractivity contribution < 1.29 is 14.6 Å². The molecule has 1 aromatic rings. The molecule has 0 spiro atoms. The van der Waals surface area contributed by atoms with Gasteiger partial charge in [0.25, 0.3) is 0 Å². The van der Waals surface area contributed by atoms with Crippen molar-refractivity contribution in [2.75, 3.05) is 0 Å². The zero-order valence-corrected chi connectivity index (χ0v) is 13.3. The zero-order valence-electron chi connectivity index (χ0n) is 12.5. The van der Waals surface area contributed by atoms with Crippen LogP contribution in [0.1, 0.15) is 73.3 Å². The third-order valence-corrected chi connectivity index (χ3v) is 5.55. The van der Waals surface area contributed by atoms with Crippen molar-refractivity contribution in [3.05, 3.63) is 15.8 Å². The molecule has 1 heterocycles. The van der Waals surface area contributed by atoms with Gasteiger partial charge in [-0.2, -0.15) is 0 Å². The Morgan fingerprint density at radius 3 is 2.55 bits per heavy atom. The highest BCUT2D eigenvalue weighted by atomic mass is 32.1. The quantitative estimate of drug-likeness (QED) is 0.839. The van der Waals surface area contributed by atoms with Gasteiger partial charge in [-0.15, -0.1) is 11.3 Å². The Bertz CT molecular complexity index is 456. The highest BCUT2D eigenvalue weighted by Gasteiger charge is 2.25. The van der Waals surface area contributed by atoms with Crippen LogP contribution in [0.25, 0.3) is 0 Å².